The Morgan fingerprint density at radius 2 is 1.83 bits per heavy atom. The minimum atomic E-state index is -0.311. The molecule has 1 aliphatic carbocycles. The van der Waals surface area contributed by atoms with Crippen molar-refractivity contribution < 1.29 is 9.59 Å². The van der Waals surface area contributed by atoms with Crippen molar-refractivity contribution in [1.29, 1.82) is 0 Å². The molecule has 3 N–H and O–H groups in total. The monoisotopic (exact) mass is 317 g/mol. The van der Waals surface area contributed by atoms with Crippen molar-refractivity contribution in [2.24, 2.45) is 5.41 Å². The molecule has 0 radical (unpaired) electrons. The first-order valence-electron chi connectivity index (χ1n) is 8.22. The van der Waals surface area contributed by atoms with Crippen molar-refractivity contribution in [3.63, 3.8) is 0 Å². The van der Waals surface area contributed by atoms with E-state index in [1.54, 1.807) is 0 Å². The lowest BCUT2D eigenvalue weighted by molar-refractivity contribution is -0.120. The molecule has 1 aromatic carbocycles. The third kappa shape index (κ3) is 6.72. The lowest BCUT2D eigenvalue weighted by atomic mass is 9.85. The van der Waals surface area contributed by atoms with Gasteiger partial charge in [-0.1, -0.05) is 51.1 Å². The van der Waals surface area contributed by atoms with Crippen LogP contribution in [0.1, 0.15) is 51.6 Å². The average Bonchev–Trinajstić information content (AvgIpc) is 3.28. The Bertz CT molecular complexity index is 533. The Labute approximate surface area is 138 Å². The standard InChI is InChI=1S/C18H27N3O2/c1-18(2,3)11-15(13-7-5-4-6-8-13)21-17(23)19-12-16(22)20-14-9-10-14/h4-8,14-15H,9-12H2,1-3H3,(H,20,22)(H2,19,21,23). The van der Waals surface area contributed by atoms with E-state index in [4.69, 9.17) is 0 Å². The minimum absolute atomic E-state index is 0.0133. The highest BCUT2D eigenvalue weighted by Crippen LogP contribution is 2.29. The number of rotatable bonds is 6. The van der Waals surface area contributed by atoms with Gasteiger partial charge in [-0.05, 0) is 30.2 Å². The van der Waals surface area contributed by atoms with Gasteiger partial charge in [-0.3, -0.25) is 4.79 Å². The number of urea groups is 1. The third-order valence-corrected chi connectivity index (χ3v) is 3.68. The van der Waals surface area contributed by atoms with Gasteiger partial charge in [-0.2, -0.15) is 0 Å². The molecule has 1 aromatic rings. The lowest BCUT2D eigenvalue weighted by Crippen LogP contribution is -2.44. The summed E-state index contributed by atoms with van der Waals surface area (Å²) in [4.78, 5) is 23.7. The summed E-state index contributed by atoms with van der Waals surface area (Å²) in [6.07, 6.45) is 2.90. The molecule has 5 nitrogen and oxygen atoms in total. The lowest BCUT2D eigenvalue weighted by Gasteiger charge is -2.27. The van der Waals surface area contributed by atoms with E-state index in [-0.39, 0.29) is 29.9 Å². The molecule has 0 aromatic heterocycles. The number of carbonyl (C=O) groups excluding carboxylic acids is 2. The van der Waals surface area contributed by atoms with E-state index in [1.807, 2.05) is 30.3 Å². The number of hydrogen-bond acceptors (Lipinski definition) is 2. The van der Waals surface area contributed by atoms with Crippen LogP contribution in [0.25, 0.3) is 0 Å². The molecule has 1 fully saturated rings. The topological polar surface area (TPSA) is 70.2 Å². The van der Waals surface area contributed by atoms with Crippen molar-refractivity contribution in [1.82, 2.24) is 16.0 Å². The molecule has 1 saturated carbocycles. The fourth-order valence-electron chi connectivity index (χ4n) is 2.43. The van der Waals surface area contributed by atoms with Gasteiger partial charge in [-0.15, -0.1) is 0 Å². The van der Waals surface area contributed by atoms with Gasteiger partial charge in [0.25, 0.3) is 0 Å². The van der Waals surface area contributed by atoms with Gasteiger partial charge < -0.3 is 16.0 Å². The first kappa shape index (κ1) is 17.3. The van der Waals surface area contributed by atoms with E-state index in [9.17, 15) is 9.59 Å². The van der Waals surface area contributed by atoms with Crippen molar-refractivity contribution in [3.05, 3.63) is 35.9 Å². The maximum Gasteiger partial charge on any atom is 0.315 e. The van der Waals surface area contributed by atoms with Crippen molar-refractivity contribution in [2.75, 3.05) is 6.54 Å². The summed E-state index contributed by atoms with van der Waals surface area (Å²) in [7, 11) is 0. The maximum atomic E-state index is 12.1. The molecule has 0 spiro atoms. The van der Waals surface area contributed by atoms with Gasteiger partial charge in [-0.25, -0.2) is 4.79 Å². The first-order valence-corrected chi connectivity index (χ1v) is 8.22. The molecule has 1 aliphatic rings. The molecule has 0 bridgehead atoms. The van der Waals surface area contributed by atoms with E-state index in [1.165, 1.54) is 0 Å². The number of hydrogen-bond donors (Lipinski definition) is 3. The molecule has 1 unspecified atom stereocenters. The van der Waals surface area contributed by atoms with Crippen molar-refractivity contribution in [3.8, 4) is 0 Å². The number of benzene rings is 1. The van der Waals surface area contributed by atoms with E-state index in [2.05, 4.69) is 36.7 Å². The Morgan fingerprint density at radius 1 is 1.17 bits per heavy atom. The molecule has 0 aliphatic heterocycles. The molecular weight excluding hydrogens is 290 g/mol. The molecular formula is C18H27N3O2. The Hall–Kier alpha value is -2.04. The number of nitrogens with one attached hydrogen (secondary N) is 3. The van der Waals surface area contributed by atoms with Crippen LogP contribution in [0.4, 0.5) is 4.79 Å². The molecule has 23 heavy (non-hydrogen) atoms. The zero-order chi connectivity index (χ0) is 16.9. The highest BCUT2D eigenvalue weighted by atomic mass is 16.2. The smallest absolute Gasteiger partial charge is 0.315 e. The first-order chi connectivity index (χ1) is 10.8. The summed E-state index contributed by atoms with van der Waals surface area (Å²) in [6.45, 7) is 6.45. The number of carbonyl (C=O) groups is 2. The minimum Gasteiger partial charge on any atom is -0.352 e. The average molecular weight is 317 g/mol. The fraction of sp³-hybridized carbons (Fsp3) is 0.556. The molecule has 0 heterocycles. The fourth-order valence-corrected chi connectivity index (χ4v) is 2.43. The maximum absolute atomic E-state index is 12.1. The molecule has 1 atom stereocenters. The summed E-state index contributed by atoms with van der Waals surface area (Å²) >= 11 is 0. The van der Waals surface area contributed by atoms with Crippen LogP contribution in [0, 0.1) is 5.41 Å². The van der Waals surface area contributed by atoms with Gasteiger partial charge in [0.05, 0.1) is 12.6 Å². The van der Waals surface area contributed by atoms with Crippen LogP contribution in [0.15, 0.2) is 30.3 Å². The molecule has 2 rings (SSSR count). The second-order valence-electron chi connectivity index (χ2n) is 7.40. The van der Waals surface area contributed by atoms with Gasteiger partial charge in [0, 0.05) is 6.04 Å². The van der Waals surface area contributed by atoms with Crippen LogP contribution < -0.4 is 16.0 Å². The third-order valence-electron chi connectivity index (χ3n) is 3.68. The van der Waals surface area contributed by atoms with Gasteiger partial charge in [0.1, 0.15) is 0 Å². The Kier molecular flexibility index (Phi) is 5.64. The van der Waals surface area contributed by atoms with Crippen LogP contribution in [-0.2, 0) is 4.79 Å². The second kappa shape index (κ2) is 7.49. The Balaban J connectivity index is 1.88. The quantitative estimate of drug-likeness (QED) is 0.755. The summed E-state index contributed by atoms with van der Waals surface area (Å²) in [5.74, 6) is -0.130. The van der Waals surface area contributed by atoms with E-state index >= 15 is 0 Å². The van der Waals surface area contributed by atoms with E-state index in [0.717, 1.165) is 24.8 Å². The van der Waals surface area contributed by atoms with Gasteiger partial charge >= 0.3 is 6.03 Å². The summed E-state index contributed by atoms with van der Waals surface area (Å²) < 4.78 is 0. The molecule has 3 amide bonds. The van der Waals surface area contributed by atoms with Gasteiger partial charge in [0.15, 0.2) is 0 Å². The predicted octanol–water partition coefficient (Wildman–Crippen LogP) is 2.74. The summed E-state index contributed by atoms with van der Waals surface area (Å²) in [5, 5.41) is 8.47. The van der Waals surface area contributed by atoms with Crippen LogP contribution in [-0.4, -0.2) is 24.5 Å². The van der Waals surface area contributed by atoms with E-state index < -0.39 is 0 Å². The van der Waals surface area contributed by atoms with Crippen LogP contribution >= 0.6 is 0 Å². The largest absolute Gasteiger partial charge is 0.352 e. The zero-order valence-electron chi connectivity index (χ0n) is 14.2. The number of amides is 3. The van der Waals surface area contributed by atoms with Crippen LogP contribution in [0.3, 0.4) is 0 Å². The molecule has 126 valence electrons. The SMILES string of the molecule is CC(C)(C)CC(NC(=O)NCC(=O)NC1CC1)c1ccccc1. The second-order valence-corrected chi connectivity index (χ2v) is 7.40. The normalized spacial score (nSPS) is 15.6. The van der Waals surface area contributed by atoms with Crippen molar-refractivity contribution in [2.45, 2.75) is 52.1 Å². The predicted molar refractivity (Wildman–Crippen MR) is 91.0 cm³/mol. The highest BCUT2D eigenvalue weighted by molar-refractivity contribution is 5.84. The zero-order valence-corrected chi connectivity index (χ0v) is 14.2. The van der Waals surface area contributed by atoms with Crippen LogP contribution in [0.5, 0.6) is 0 Å². The van der Waals surface area contributed by atoms with E-state index in [0.29, 0.717) is 6.04 Å². The molecule has 0 saturated heterocycles. The van der Waals surface area contributed by atoms with Crippen LogP contribution in [0.2, 0.25) is 0 Å². The summed E-state index contributed by atoms with van der Waals surface area (Å²) in [5.41, 5.74) is 1.15. The Morgan fingerprint density at radius 3 is 2.39 bits per heavy atom. The summed E-state index contributed by atoms with van der Waals surface area (Å²) in [6, 6.07) is 9.83. The van der Waals surface area contributed by atoms with Gasteiger partial charge in [0.2, 0.25) is 5.91 Å². The highest BCUT2D eigenvalue weighted by Gasteiger charge is 2.24. The van der Waals surface area contributed by atoms with Crippen molar-refractivity contribution >= 4 is 11.9 Å². The molecule has 5 heteroatoms.